The molecule has 7 nitrogen and oxygen atoms in total. The van der Waals surface area contributed by atoms with Crippen molar-refractivity contribution in [1.29, 1.82) is 5.26 Å². The third kappa shape index (κ3) is 5.64. The maximum Gasteiger partial charge on any atom is 0.253 e. The van der Waals surface area contributed by atoms with Crippen molar-refractivity contribution in [2.75, 3.05) is 31.6 Å². The number of amides is 2. The third-order valence-electron chi connectivity index (χ3n) is 4.75. The van der Waals surface area contributed by atoms with Crippen LogP contribution >= 0.6 is 0 Å². The molecular weight excluding hydrogens is 368 g/mol. The van der Waals surface area contributed by atoms with Crippen molar-refractivity contribution in [1.82, 2.24) is 10.2 Å². The maximum atomic E-state index is 12.6. The van der Waals surface area contributed by atoms with Gasteiger partial charge in [-0.15, -0.1) is 0 Å². The zero-order valence-corrected chi connectivity index (χ0v) is 16.4. The number of benzene rings is 2. The molecule has 2 amide bonds. The molecule has 0 aliphatic carbocycles. The predicted octanol–water partition coefficient (Wildman–Crippen LogP) is 2.09. The van der Waals surface area contributed by atoms with E-state index in [0.717, 1.165) is 11.1 Å². The lowest BCUT2D eigenvalue weighted by Crippen LogP contribution is -2.47. The van der Waals surface area contributed by atoms with E-state index >= 15 is 0 Å². The highest BCUT2D eigenvalue weighted by Crippen LogP contribution is 2.16. The molecule has 3 rings (SSSR count). The molecule has 1 atom stereocenters. The Hall–Kier alpha value is -3.21. The number of carbonyl (C=O) groups is 2. The standard InChI is InChI=1S/C22H24N4O3/c1-16-6-8-17(9-7-16)13-24-22(28)19-4-2-3-5-20(19)25-21(27)14-26-10-11-29-15-18(26)12-23/h2-9,18H,10-11,13-15H2,1H3,(H,24,28)(H,25,27)/t18-/m0/s1. The number of rotatable bonds is 6. The van der Waals surface area contributed by atoms with Gasteiger partial charge in [0.05, 0.1) is 37.1 Å². The monoisotopic (exact) mass is 392 g/mol. The third-order valence-corrected chi connectivity index (χ3v) is 4.75. The fraction of sp³-hybridized carbons (Fsp3) is 0.318. The molecule has 1 saturated heterocycles. The lowest BCUT2D eigenvalue weighted by Gasteiger charge is -2.30. The van der Waals surface area contributed by atoms with Gasteiger partial charge in [0, 0.05) is 13.1 Å². The molecule has 1 aliphatic heterocycles. The molecular formula is C22H24N4O3. The average molecular weight is 392 g/mol. The molecule has 1 heterocycles. The van der Waals surface area contributed by atoms with Gasteiger partial charge in [0.25, 0.3) is 5.91 Å². The number of nitrogens with zero attached hydrogens (tertiary/aromatic N) is 2. The largest absolute Gasteiger partial charge is 0.377 e. The molecule has 0 radical (unpaired) electrons. The van der Waals surface area contributed by atoms with Crippen LogP contribution in [0.25, 0.3) is 0 Å². The van der Waals surface area contributed by atoms with Gasteiger partial charge in [-0.1, -0.05) is 42.0 Å². The summed E-state index contributed by atoms with van der Waals surface area (Å²) in [4.78, 5) is 26.9. The first-order valence-corrected chi connectivity index (χ1v) is 9.51. The molecule has 150 valence electrons. The Balaban J connectivity index is 1.61. The van der Waals surface area contributed by atoms with E-state index in [1.54, 1.807) is 29.2 Å². The van der Waals surface area contributed by atoms with Crippen molar-refractivity contribution < 1.29 is 14.3 Å². The number of ether oxygens (including phenoxy) is 1. The first-order chi connectivity index (χ1) is 14.1. The van der Waals surface area contributed by atoms with Crippen LogP contribution in [0, 0.1) is 18.3 Å². The van der Waals surface area contributed by atoms with Gasteiger partial charge < -0.3 is 15.4 Å². The molecule has 0 aromatic heterocycles. The van der Waals surface area contributed by atoms with E-state index in [2.05, 4.69) is 16.7 Å². The Morgan fingerprint density at radius 1 is 1.21 bits per heavy atom. The van der Waals surface area contributed by atoms with Gasteiger partial charge in [0.2, 0.25) is 5.91 Å². The summed E-state index contributed by atoms with van der Waals surface area (Å²) in [5, 5.41) is 14.9. The van der Waals surface area contributed by atoms with Crippen LogP contribution in [0.5, 0.6) is 0 Å². The highest BCUT2D eigenvalue weighted by atomic mass is 16.5. The second kappa shape index (κ2) is 9.82. The number of hydrogen-bond acceptors (Lipinski definition) is 5. The van der Waals surface area contributed by atoms with Gasteiger partial charge in [0.15, 0.2) is 0 Å². The Morgan fingerprint density at radius 2 is 1.97 bits per heavy atom. The Labute approximate surface area is 170 Å². The smallest absolute Gasteiger partial charge is 0.253 e. The maximum absolute atomic E-state index is 12.6. The van der Waals surface area contributed by atoms with Gasteiger partial charge >= 0.3 is 0 Å². The average Bonchev–Trinajstić information content (AvgIpc) is 2.74. The zero-order valence-electron chi connectivity index (χ0n) is 16.4. The molecule has 2 aromatic carbocycles. The number of anilines is 1. The Morgan fingerprint density at radius 3 is 2.72 bits per heavy atom. The van der Waals surface area contributed by atoms with E-state index in [4.69, 9.17) is 4.74 Å². The van der Waals surface area contributed by atoms with Crippen LogP contribution in [0.2, 0.25) is 0 Å². The minimum absolute atomic E-state index is 0.0703. The highest BCUT2D eigenvalue weighted by Gasteiger charge is 2.25. The number of para-hydroxylation sites is 1. The van der Waals surface area contributed by atoms with E-state index in [-0.39, 0.29) is 18.4 Å². The normalized spacial score (nSPS) is 16.6. The van der Waals surface area contributed by atoms with Crippen LogP contribution in [0.15, 0.2) is 48.5 Å². The summed E-state index contributed by atoms with van der Waals surface area (Å²) in [6.07, 6.45) is 0. The first-order valence-electron chi connectivity index (χ1n) is 9.51. The summed E-state index contributed by atoms with van der Waals surface area (Å²) in [5.74, 6) is -0.534. The summed E-state index contributed by atoms with van der Waals surface area (Å²) in [6.45, 7) is 3.78. The van der Waals surface area contributed by atoms with E-state index in [1.165, 1.54) is 0 Å². The van der Waals surface area contributed by atoms with Crippen molar-refractivity contribution in [3.05, 3.63) is 65.2 Å². The molecule has 0 bridgehead atoms. The zero-order chi connectivity index (χ0) is 20.6. The molecule has 2 aromatic rings. The minimum atomic E-state index is -0.442. The molecule has 2 N–H and O–H groups in total. The van der Waals surface area contributed by atoms with Crippen molar-refractivity contribution in [2.24, 2.45) is 0 Å². The van der Waals surface area contributed by atoms with E-state index in [0.29, 0.717) is 37.6 Å². The van der Waals surface area contributed by atoms with Crippen LogP contribution in [0.3, 0.4) is 0 Å². The first kappa shape index (κ1) is 20.5. The van der Waals surface area contributed by atoms with Crippen LogP contribution < -0.4 is 10.6 Å². The molecule has 0 saturated carbocycles. The number of nitrogens with one attached hydrogen (secondary N) is 2. The van der Waals surface area contributed by atoms with Crippen LogP contribution in [0.4, 0.5) is 5.69 Å². The lowest BCUT2D eigenvalue weighted by atomic mass is 10.1. The van der Waals surface area contributed by atoms with Gasteiger partial charge in [-0.2, -0.15) is 5.26 Å². The minimum Gasteiger partial charge on any atom is -0.377 e. The molecule has 7 heteroatoms. The summed E-state index contributed by atoms with van der Waals surface area (Å²) < 4.78 is 5.27. The molecule has 0 spiro atoms. The second-order valence-corrected chi connectivity index (χ2v) is 6.95. The number of aryl methyl sites for hydroxylation is 1. The SMILES string of the molecule is Cc1ccc(CNC(=O)c2ccccc2NC(=O)CN2CCOC[C@@H]2C#N)cc1. The van der Waals surface area contributed by atoms with Gasteiger partial charge in [-0.25, -0.2) is 0 Å². The molecule has 1 aliphatic rings. The van der Waals surface area contributed by atoms with Crippen LogP contribution in [0.1, 0.15) is 21.5 Å². The Bertz CT molecular complexity index is 905. The van der Waals surface area contributed by atoms with Crippen molar-refractivity contribution in [3.8, 4) is 6.07 Å². The Kier molecular flexibility index (Phi) is 6.95. The summed E-state index contributed by atoms with van der Waals surface area (Å²) in [6, 6.07) is 16.5. The summed E-state index contributed by atoms with van der Waals surface area (Å²) >= 11 is 0. The van der Waals surface area contributed by atoms with Gasteiger partial charge in [-0.05, 0) is 24.6 Å². The lowest BCUT2D eigenvalue weighted by molar-refractivity contribution is -0.119. The molecule has 29 heavy (non-hydrogen) atoms. The second-order valence-electron chi connectivity index (χ2n) is 6.95. The van der Waals surface area contributed by atoms with Crippen molar-refractivity contribution >= 4 is 17.5 Å². The van der Waals surface area contributed by atoms with E-state index in [9.17, 15) is 14.9 Å². The predicted molar refractivity (Wildman–Crippen MR) is 109 cm³/mol. The number of nitriles is 1. The fourth-order valence-electron chi connectivity index (χ4n) is 3.09. The fourth-order valence-corrected chi connectivity index (χ4v) is 3.09. The number of morpholine rings is 1. The quantitative estimate of drug-likeness (QED) is 0.785. The van der Waals surface area contributed by atoms with Crippen LogP contribution in [-0.2, 0) is 16.1 Å². The van der Waals surface area contributed by atoms with Crippen molar-refractivity contribution in [3.63, 3.8) is 0 Å². The topological polar surface area (TPSA) is 94.5 Å². The van der Waals surface area contributed by atoms with Crippen LogP contribution in [-0.4, -0.2) is 49.1 Å². The van der Waals surface area contributed by atoms with Gasteiger partial charge in [0.1, 0.15) is 6.04 Å². The van der Waals surface area contributed by atoms with E-state index < -0.39 is 6.04 Å². The van der Waals surface area contributed by atoms with E-state index in [1.807, 2.05) is 31.2 Å². The molecule has 1 fully saturated rings. The highest BCUT2D eigenvalue weighted by molar-refractivity contribution is 6.04. The van der Waals surface area contributed by atoms with Crippen molar-refractivity contribution in [2.45, 2.75) is 19.5 Å². The number of carbonyl (C=O) groups excluding carboxylic acids is 2. The summed E-state index contributed by atoms with van der Waals surface area (Å²) in [5.41, 5.74) is 3.00. The molecule has 0 unspecified atom stereocenters. The summed E-state index contributed by atoms with van der Waals surface area (Å²) in [7, 11) is 0. The van der Waals surface area contributed by atoms with Gasteiger partial charge in [-0.3, -0.25) is 14.5 Å². The number of hydrogen-bond donors (Lipinski definition) is 2.